The number of piperazine rings is 1. The van der Waals surface area contributed by atoms with Crippen molar-refractivity contribution in [3.8, 4) is 0 Å². The Kier molecular flexibility index (Phi) is 3.25. The molecule has 1 aromatic rings. The van der Waals surface area contributed by atoms with Crippen LogP contribution in [-0.2, 0) is 0 Å². The van der Waals surface area contributed by atoms with Crippen LogP contribution in [0.4, 0.5) is 5.69 Å². The molecule has 0 aromatic heterocycles. The highest BCUT2D eigenvalue weighted by atomic mass is 35.5. The van der Waals surface area contributed by atoms with E-state index in [1.54, 1.807) is 0 Å². The molecule has 1 aliphatic carbocycles. The Hall–Kier alpha value is -0.730. The summed E-state index contributed by atoms with van der Waals surface area (Å²) in [7, 11) is 0. The lowest BCUT2D eigenvalue weighted by atomic mass is 9.92. The lowest BCUT2D eigenvalue weighted by Crippen LogP contribution is -2.62. The highest BCUT2D eigenvalue weighted by Crippen LogP contribution is 2.35. The topological polar surface area (TPSA) is 15.3 Å². The number of nitrogens with zero attached hydrogens (tertiary/aromatic N) is 1. The van der Waals surface area contributed by atoms with Crippen LogP contribution in [-0.4, -0.2) is 24.7 Å². The zero-order valence-corrected chi connectivity index (χ0v) is 11.7. The smallest absolute Gasteiger partial charge is 0.0426 e. The van der Waals surface area contributed by atoms with E-state index in [0.717, 1.165) is 18.1 Å². The van der Waals surface area contributed by atoms with Crippen LogP contribution >= 0.6 is 11.6 Å². The summed E-state index contributed by atoms with van der Waals surface area (Å²) in [5.41, 5.74) is 1.62. The summed E-state index contributed by atoms with van der Waals surface area (Å²) in [5.74, 6) is 0. The van der Waals surface area contributed by atoms with Crippen molar-refractivity contribution in [3.05, 3.63) is 29.3 Å². The van der Waals surface area contributed by atoms with E-state index in [-0.39, 0.29) is 0 Å². The van der Waals surface area contributed by atoms with Gasteiger partial charge in [-0.2, -0.15) is 0 Å². The van der Waals surface area contributed by atoms with E-state index in [1.165, 1.54) is 31.4 Å². The zero-order chi connectivity index (χ0) is 12.6. The molecule has 1 aliphatic heterocycles. The average molecular weight is 265 g/mol. The van der Waals surface area contributed by atoms with E-state index in [4.69, 9.17) is 11.6 Å². The molecule has 0 bridgehead atoms. The van der Waals surface area contributed by atoms with Crippen molar-refractivity contribution in [2.75, 3.05) is 18.0 Å². The Morgan fingerprint density at radius 1 is 1.33 bits per heavy atom. The molecule has 18 heavy (non-hydrogen) atoms. The van der Waals surface area contributed by atoms with Crippen molar-refractivity contribution >= 4 is 17.3 Å². The first-order valence-electron chi connectivity index (χ1n) is 6.96. The molecule has 0 amide bonds. The fourth-order valence-corrected chi connectivity index (χ4v) is 3.58. The minimum Gasteiger partial charge on any atom is -0.366 e. The number of anilines is 1. The Bertz CT molecular complexity index is 426. The van der Waals surface area contributed by atoms with E-state index in [0.29, 0.717) is 11.6 Å². The monoisotopic (exact) mass is 264 g/mol. The van der Waals surface area contributed by atoms with Crippen LogP contribution in [0.5, 0.6) is 0 Å². The largest absolute Gasteiger partial charge is 0.366 e. The standard InChI is InChI=1S/C15H21ClN2/c1-12-10-17-15(7-2-3-8-15)11-18(12)14-6-4-5-13(16)9-14/h4-6,9,12,17H,2-3,7-8,10-11H2,1H3. The highest BCUT2D eigenvalue weighted by molar-refractivity contribution is 6.30. The van der Waals surface area contributed by atoms with Crippen molar-refractivity contribution in [2.24, 2.45) is 0 Å². The van der Waals surface area contributed by atoms with Gasteiger partial charge in [0.05, 0.1) is 0 Å². The van der Waals surface area contributed by atoms with E-state index in [9.17, 15) is 0 Å². The maximum Gasteiger partial charge on any atom is 0.0426 e. The van der Waals surface area contributed by atoms with Gasteiger partial charge in [-0.25, -0.2) is 0 Å². The molecule has 3 heteroatoms. The van der Waals surface area contributed by atoms with Crippen molar-refractivity contribution < 1.29 is 0 Å². The van der Waals surface area contributed by atoms with Crippen molar-refractivity contribution in [1.29, 1.82) is 0 Å². The minimum absolute atomic E-state index is 0.356. The number of hydrogen-bond acceptors (Lipinski definition) is 2. The van der Waals surface area contributed by atoms with E-state index in [2.05, 4.69) is 29.3 Å². The minimum atomic E-state index is 0.356. The predicted octanol–water partition coefficient (Wildman–Crippen LogP) is 3.45. The zero-order valence-electron chi connectivity index (χ0n) is 11.0. The van der Waals surface area contributed by atoms with Crippen LogP contribution in [0.3, 0.4) is 0 Å². The molecule has 1 saturated heterocycles. The molecule has 2 nitrogen and oxygen atoms in total. The van der Waals surface area contributed by atoms with Gasteiger partial charge in [0.15, 0.2) is 0 Å². The van der Waals surface area contributed by atoms with Crippen LogP contribution in [0.25, 0.3) is 0 Å². The molecule has 1 N–H and O–H groups in total. The van der Waals surface area contributed by atoms with Gasteiger partial charge in [0.2, 0.25) is 0 Å². The van der Waals surface area contributed by atoms with Gasteiger partial charge in [-0.05, 0) is 38.0 Å². The molecule has 0 radical (unpaired) electrons. The number of halogens is 1. The average Bonchev–Trinajstić information content (AvgIpc) is 2.81. The van der Waals surface area contributed by atoms with Gasteiger partial charge in [-0.15, -0.1) is 0 Å². The fourth-order valence-electron chi connectivity index (χ4n) is 3.40. The summed E-state index contributed by atoms with van der Waals surface area (Å²) in [4.78, 5) is 2.52. The first-order valence-corrected chi connectivity index (χ1v) is 7.34. The molecule has 1 atom stereocenters. The molecule has 2 aliphatic rings. The molecule has 1 aromatic carbocycles. The van der Waals surface area contributed by atoms with Crippen molar-refractivity contribution in [2.45, 2.75) is 44.2 Å². The molecule has 1 heterocycles. The second-order valence-electron chi connectivity index (χ2n) is 5.83. The van der Waals surface area contributed by atoms with E-state index >= 15 is 0 Å². The van der Waals surface area contributed by atoms with Crippen LogP contribution in [0.1, 0.15) is 32.6 Å². The van der Waals surface area contributed by atoms with Crippen molar-refractivity contribution in [1.82, 2.24) is 5.32 Å². The highest BCUT2D eigenvalue weighted by Gasteiger charge is 2.39. The van der Waals surface area contributed by atoms with Gasteiger partial charge in [0, 0.05) is 35.4 Å². The Balaban J connectivity index is 1.85. The molecule has 3 rings (SSSR count). The Morgan fingerprint density at radius 3 is 2.83 bits per heavy atom. The fraction of sp³-hybridized carbons (Fsp3) is 0.600. The lowest BCUT2D eigenvalue weighted by Gasteiger charge is -2.46. The predicted molar refractivity (Wildman–Crippen MR) is 77.5 cm³/mol. The van der Waals surface area contributed by atoms with Gasteiger partial charge in [-0.1, -0.05) is 30.5 Å². The summed E-state index contributed by atoms with van der Waals surface area (Å²) in [6, 6.07) is 8.80. The van der Waals surface area contributed by atoms with Gasteiger partial charge < -0.3 is 10.2 Å². The van der Waals surface area contributed by atoms with Gasteiger partial charge in [0.25, 0.3) is 0 Å². The molecule has 1 unspecified atom stereocenters. The van der Waals surface area contributed by atoms with Crippen molar-refractivity contribution in [3.63, 3.8) is 0 Å². The molecule has 1 saturated carbocycles. The van der Waals surface area contributed by atoms with E-state index < -0.39 is 0 Å². The summed E-state index contributed by atoms with van der Waals surface area (Å²) in [6.07, 6.45) is 5.36. The second kappa shape index (κ2) is 4.75. The van der Waals surface area contributed by atoms with Crippen LogP contribution in [0.15, 0.2) is 24.3 Å². The molecular formula is C15H21ClN2. The number of nitrogens with one attached hydrogen (secondary N) is 1. The van der Waals surface area contributed by atoms with Gasteiger partial charge in [0.1, 0.15) is 0 Å². The number of rotatable bonds is 1. The van der Waals surface area contributed by atoms with Crippen LogP contribution < -0.4 is 10.2 Å². The quantitative estimate of drug-likeness (QED) is 0.836. The Morgan fingerprint density at radius 2 is 2.11 bits per heavy atom. The third-order valence-corrected chi connectivity index (χ3v) is 4.71. The molecule has 98 valence electrons. The summed E-state index contributed by atoms with van der Waals surface area (Å²) in [6.45, 7) is 4.48. The first kappa shape index (κ1) is 12.3. The van der Waals surface area contributed by atoms with E-state index in [1.807, 2.05) is 12.1 Å². The molecule has 2 fully saturated rings. The maximum atomic E-state index is 6.12. The molecule has 1 spiro atoms. The van der Waals surface area contributed by atoms with Gasteiger partial charge in [-0.3, -0.25) is 0 Å². The first-order chi connectivity index (χ1) is 8.69. The van der Waals surface area contributed by atoms with Gasteiger partial charge >= 0.3 is 0 Å². The third-order valence-electron chi connectivity index (χ3n) is 4.48. The summed E-state index contributed by atoms with van der Waals surface area (Å²) < 4.78 is 0. The summed E-state index contributed by atoms with van der Waals surface area (Å²) >= 11 is 6.12. The van der Waals surface area contributed by atoms with Crippen LogP contribution in [0, 0.1) is 0 Å². The normalized spacial score (nSPS) is 26.8. The SMILES string of the molecule is CC1CNC2(CCCC2)CN1c1cccc(Cl)c1. The van der Waals surface area contributed by atoms with Crippen LogP contribution in [0.2, 0.25) is 5.02 Å². The lowest BCUT2D eigenvalue weighted by molar-refractivity contribution is 0.276. The Labute approximate surface area is 114 Å². The maximum absolute atomic E-state index is 6.12. The number of hydrogen-bond donors (Lipinski definition) is 1. The summed E-state index contributed by atoms with van der Waals surface area (Å²) in [5, 5.41) is 4.62. The third kappa shape index (κ3) is 2.24. The second-order valence-corrected chi connectivity index (χ2v) is 6.26. The molecular weight excluding hydrogens is 244 g/mol. The number of benzene rings is 1.